The summed E-state index contributed by atoms with van der Waals surface area (Å²) < 4.78 is 37.0. The van der Waals surface area contributed by atoms with E-state index < -0.39 is 12.7 Å². The van der Waals surface area contributed by atoms with Crippen LogP contribution in [0.1, 0.15) is 12.6 Å². The van der Waals surface area contributed by atoms with Gasteiger partial charge in [-0.3, -0.25) is 9.88 Å². The summed E-state index contributed by atoms with van der Waals surface area (Å²) in [6.45, 7) is 4.57. The molecule has 0 saturated carbocycles. The molecular weight excluding hydrogens is 283 g/mol. The van der Waals surface area contributed by atoms with Crippen molar-refractivity contribution in [3.63, 3.8) is 0 Å². The minimum Gasteiger partial charge on any atom is -0.353 e. The van der Waals surface area contributed by atoms with Crippen molar-refractivity contribution < 1.29 is 13.2 Å². The Morgan fingerprint density at radius 3 is 2.38 bits per heavy atom. The van der Waals surface area contributed by atoms with Gasteiger partial charge < -0.3 is 10.2 Å². The van der Waals surface area contributed by atoms with E-state index in [4.69, 9.17) is 0 Å². The molecule has 0 unspecified atom stereocenters. The van der Waals surface area contributed by atoms with Crippen LogP contribution in [0.4, 0.5) is 19.0 Å². The first-order chi connectivity index (χ1) is 9.98. The Kier molecular flexibility index (Phi) is 5.35. The zero-order valence-corrected chi connectivity index (χ0v) is 12.0. The third-order valence-electron chi connectivity index (χ3n) is 3.35. The molecule has 1 saturated heterocycles. The van der Waals surface area contributed by atoms with Crippen molar-refractivity contribution in [1.29, 1.82) is 0 Å². The summed E-state index contributed by atoms with van der Waals surface area (Å²) in [5.74, 6) is 0.724. The fourth-order valence-corrected chi connectivity index (χ4v) is 2.24. The number of alkyl halides is 3. The van der Waals surface area contributed by atoms with Gasteiger partial charge in [-0.2, -0.15) is 13.2 Å². The first-order valence-corrected chi connectivity index (χ1v) is 7.03. The Labute approximate surface area is 122 Å². The molecule has 1 aliphatic heterocycles. The van der Waals surface area contributed by atoms with E-state index in [0.29, 0.717) is 32.7 Å². The van der Waals surface area contributed by atoms with Gasteiger partial charge in [-0.25, -0.2) is 4.98 Å². The lowest BCUT2D eigenvalue weighted by molar-refractivity contribution is -0.146. The van der Waals surface area contributed by atoms with E-state index in [1.165, 1.54) is 4.90 Å². The predicted octanol–water partition coefficient (Wildman–Crippen LogP) is 1.27. The van der Waals surface area contributed by atoms with Gasteiger partial charge in [0.05, 0.1) is 24.6 Å². The van der Waals surface area contributed by atoms with Crippen molar-refractivity contribution >= 4 is 5.82 Å². The molecule has 0 bridgehead atoms. The molecule has 0 radical (unpaired) electrons. The van der Waals surface area contributed by atoms with Crippen molar-refractivity contribution in [2.45, 2.75) is 19.6 Å². The number of rotatable bonds is 5. The molecule has 5 nitrogen and oxygen atoms in total. The molecule has 1 aliphatic rings. The summed E-state index contributed by atoms with van der Waals surface area (Å²) in [5, 5.41) is 3.16. The number of nitrogens with one attached hydrogen (secondary N) is 1. The number of aromatic nitrogens is 2. The average molecular weight is 303 g/mol. The number of hydrogen-bond donors (Lipinski definition) is 1. The van der Waals surface area contributed by atoms with E-state index in [9.17, 15) is 13.2 Å². The third-order valence-corrected chi connectivity index (χ3v) is 3.35. The maximum Gasteiger partial charge on any atom is 0.401 e. The quantitative estimate of drug-likeness (QED) is 0.887. The van der Waals surface area contributed by atoms with E-state index in [-0.39, 0.29) is 0 Å². The molecule has 1 fully saturated rings. The molecule has 118 valence electrons. The second-order valence-corrected chi connectivity index (χ2v) is 5.02. The van der Waals surface area contributed by atoms with Gasteiger partial charge in [0.2, 0.25) is 0 Å². The van der Waals surface area contributed by atoms with Crippen molar-refractivity contribution in [3.8, 4) is 0 Å². The van der Waals surface area contributed by atoms with Gasteiger partial charge in [-0.15, -0.1) is 0 Å². The molecule has 0 aromatic carbocycles. The molecule has 1 aromatic rings. The lowest BCUT2D eigenvalue weighted by atomic mass is 10.3. The second-order valence-electron chi connectivity index (χ2n) is 5.02. The van der Waals surface area contributed by atoms with Crippen LogP contribution in [-0.4, -0.2) is 60.3 Å². The number of hydrogen-bond acceptors (Lipinski definition) is 5. The molecule has 21 heavy (non-hydrogen) atoms. The average Bonchev–Trinajstić information content (AvgIpc) is 2.45. The van der Waals surface area contributed by atoms with Crippen LogP contribution in [0.2, 0.25) is 0 Å². The topological polar surface area (TPSA) is 44.3 Å². The van der Waals surface area contributed by atoms with Crippen LogP contribution in [0.15, 0.2) is 12.4 Å². The minimum atomic E-state index is -4.13. The Morgan fingerprint density at radius 1 is 1.14 bits per heavy atom. The molecule has 0 atom stereocenters. The summed E-state index contributed by atoms with van der Waals surface area (Å²) in [5.41, 5.74) is 0.858. The van der Waals surface area contributed by atoms with Crippen molar-refractivity contribution in [3.05, 3.63) is 18.1 Å². The third kappa shape index (κ3) is 5.13. The van der Waals surface area contributed by atoms with Crippen molar-refractivity contribution in [2.75, 3.05) is 44.2 Å². The van der Waals surface area contributed by atoms with Gasteiger partial charge in [0.1, 0.15) is 5.82 Å². The maximum absolute atomic E-state index is 12.3. The standard InChI is InChI=1S/C13H20F3N5/c1-2-17-7-11-8-19-12(9-18-11)21-5-3-20(4-6-21)10-13(14,15)16/h8-9,17H,2-7,10H2,1H3. The first-order valence-electron chi connectivity index (χ1n) is 7.03. The SMILES string of the molecule is CCNCc1cnc(N2CCN(CC(F)(F)F)CC2)cn1. The molecule has 2 rings (SSSR count). The summed E-state index contributed by atoms with van der Waals surface area (Å²) >= 11 is 0. The number of piperazine rings is 1. The maximum atomic E-state index is 12.3. The van der Waals surface area contributed by atoms with Crippen molar-refractivity contribution in [2.24, 2.45) is 0 Å². The largest absolute Gasteiger partial charge is 0.401 e. The zero-order valence-electron chi connectivity index (χ0n) is 12.0. The van der Waals surface area contributed by atoms with E-state index in [1.807, 2.05) is 11.8 Å². The molecule has 2 heterocycles. The van der Waals surface area contributed by atoms with Gasteiger partial charge in [0, 0.05) is 32.7 Å². The summed E-state index contributed by atoms with van der Waals surface area (Å²) in [7, 11) is 0. The molecule has 8 heteroatoms. The van der Waals surface area contributed by atoms with Gasteiger partial charge in [-0.1, -0.05) is 6.92 Å². The summed E-state index contributed by atoms with van der Waals surface area (Å²) in [4.78, 5) is 12.0. The van der Waals surface area contributed by atoms with E-state index in [2.05, 4.69) is 15.3 Å². The van der Waals surface area contributed by atoms with Crippen LogP contribution in [0.25, 0.3) is 0 Å². The van der Waals surface area contributed by atoms with Crippen LogP contribution in [0.3, 0.4) is 0 Å². The highest BCUT2D eigenvalue weighted by Crippen LogP contribution is 2.19. The van der Waals surface area contributed by atoms with E-state index in [1.54, 1.807) is 12.4 Å². The molecule has 1 aromatic heterocycles. The van der Waals surface area contributed by atoms with Crippen LogP contribution in [-0.2, 0) is 6.54 Å². The summed E-state index contributed by atoms with van der Waals surface area (Å²) in [6.07, 6.45) is -0.734. The highest BCUT2D eigenvalue weighted by Gasteiger charge is 2.32. The van der Waals surface area contributed by atoms with Crippen LogP contribution < -0.4 is 10.2 Å². The number of nitrogens with zero attached hydrogens (tertiary/aromatic N) is 4. The lowest BCUT2D eigenvalue weighted by Gasteiger charge is -2.35. The zero-order chi connectivity index (χ0) is 15.3. The second kappa shape index (κ2) is 7.04. The monoisotopic (exact) mass is 303 g/mol. The number of halogens is 3. The highest BCUT2D eigenvalue weighted by atomic mass is 19.4. The Balaban J connectivity index is 1.84. The lowest BCUT2D eigenvalue weighted by Crippen LogP contribution is -2.49. The molecule has 0 amide bonds. The highest BCUT2D eigenvalue weighted by molar-refractivity contribution is 5.36. The van der Waals surface area contributed by atoms with Crippen LogP contribution in [0, 0.1) is 0 Å². The molecular formula is C13H20F3N5. The van der Waals surface area contributed by atoms with Gasteiger partial charge in [0.15, 0.2) is 0 Å². The van der Waals surface area contributed by atoms with Crippen molar-refractivity contribution in [1.82, 2.24) is 20.2 Å². The fraction of sp³-hybridized carbons (Fsp3) is 0.692. The fourth-order valence-electron chi connectivity index (χ4n) is 2.24. The predicted molar refractivity (Wildman–Crippen MR) is 74.1 cm³/mol. The molecule has 0 aliphatic carbocycles. The normalized spacial score (nSPS) is 17.2. The van der Waals surface area contributed by atoms with Gasteiger partial charge in [0.25, 0.3) is 0 Å². The molecule has 1 N–H and O–H groups in total. The number of anilines is 1. The minimum absolute atomic E-state index is 0.389. The van der Waals surface area contributed by atoms with E-state index >= 15 is 0 Å². The van der Waals surface area contributed by atoms with Crippen LogP contribution >= 0.6 is 0 Å². The van der Waals surface area contributed by atoms with E-state index in [0.717, 1.165) is 18.1 Å². The van der Waals surface area contributed by atoms with Gasteiger partial charge in [-0.05, 0) is 6.54 Å². The Bertz CT molecular complexity index is 426. The Hall–Kier alpha value is -1.41. The molecule has 0 spiro atoms. The summed E-state index contributed by atoms with van der Waals surface area (Å²) in [6, 6.07) is 0. The Morgan fingerprint density at radius 2 is 1.86 bits per heavy atom. The van der Waals surface area contributed by atoms with Gasteiger partial charge >= 0.3 is 6.18 Å². The van der Waals surface area contributed by atoms with Crippen LogP contribution in [0.5, 0.6) is 0 Å². The first kappa shape index (κ1) is 16.0. The smallest absolute Gasteiger partial charge is 0.353 e.